The number of aryl methyl sites for hydroxylation is 1. The van der Waals surface area contributed by atoms with Crippen LogP contribution < -0.4 is 5.73 Å². The van der Waals surface area contributed by atoms with Crippen molar-refractivity contribution < 1.29 is 13.9 Å². The van der Waals surface area contributed by atoms with Crippen molar-refractivity contribution in [3.8, 4) is 0 Å². The summed E-state index contributed by atoms with van der Waals surface area (Å²) in [6.45, 7) is 1.69. The van der Waals surface area contributed by atoms with Crippen molar-refractivity contribution in [3.63, 3.8) is 0 Å². The standard InChI is InChI=1S/C12H14FNO2/c1-7-5-8(3-4-10(7)13)9-6-12(9,14)11(15)16-2/h3-5,9H,6,14H2,1-2H3. The molecule has 1 fully saturated rings. The second kappa shape index (κ2) is 3.56. The van der Waals surface area contributed by atoms with Crippen molar-refractivity contribution in [1.29, 1.82) is 0 Å². The fraction of sp³-hybridized carbons (Fsp3) is 0.417. The van der Waals surface area contributed by atoms with Crippen LogP contribution in [0.15, 0.2) is 18.2 Å². The van der Waals surface area contributed by atoms with Crippen LogP contribution in [0.3, 0.4) is 0 Å². The monoisotopic (exact) mass is 223 g/mol. The lowest BCUT2D eigenvalue weighted by Gasteiger charge is -2.09. The predicted molar refractivity (Wildman–Crippen MR) is 57.4 cm³/mol. The van der Waals surface area contributed by atoms with Gasteiger partial charge in [0.1, 0.15) is 11.4 Å². The molecule has 0 aliphatic heterocycles. The van der Waals surface area contributed by atoms with Gasteiger partial charge in [-0.3, -0.25) is 4.79 Å². The number of ether oxygens (including phenoxy) is 1. The summed E-state index contributed by atoms with van der Waals surface area (Å²) in [6.07, 6.45) is 0.560. The Balaban J connectivity index is 2.23. The molecular weight excluding hydrogens is 209 g/mol. The summed E-state index contributed by atoms with van der Waals surface area (Å²) < 4.78 is 17.7. The van der Waals surface area contributed by atoms with E-state index in [0.29, 0.717) is 12.0 Å². The molecule has 0 saturated heterocycles. The van der Waals surface area contributed by atoms with Gasteiger partial charge in [0.25, 0.3) is 0 Å². The van der Waals surface area contributed by atoms with Crippen LogP contribution in [0.25, 0.3) is 0 Å². The van der Waals surface area contributed by atoms with E-state index >= 15 is 0 Å². The van der Waals surface area contributed by atoms with E-state index in [1.807, 2.05) is 0 Å². The van der Waals surface area contributed by atoms with Gasteiger partial charge in [0, 0.05) is 5.92 Å². The molecule has 2 atom stereocenters. The Bertz CT molecular complexity index is 447. The van der Waals surface area contributed by atoms with Gasteiger partial charge in [-0.15, -0.1) is 0 Å². The summed E-state index contributed by atoms with van der Waals surface area (Å²) in [5.41, 5.74) is 6.44. The summed E-state index contributed by atoms with van der Waals surface area (Å²) in [4.78, 5) is 11.4. The van der Waals surface area contributed by atoms with Gasteiger partial charge in [0.05, 0.1) is 7.11 Å². The number of hydrogen-bond donors (Lipinski definition) is 1. The third kappa shape index (κ3) is 1.59. The average molecular weight is 223 g/mol. The first-order chi connectivity index (χ1) is 7.49. The zero-order valence-corrected chi connectivity index (χ0v) is 9.29. The average Bonchev–Trinajstić information content (AvgIpc) is 2.95. The minimum absolute atomic E-state index is 0.0563. The number of halogens is 1. The Kier molecular flexibility index (Phi) is 2.46. The van der Waals surface area contributed by atoms with Crippen LogP contribution in [0.5, 0.6) is 0 Å². The maximum Gasteiger partial charge on any atom is 0.326 e. The number of benzene rings is 1. The summed E-state index contributed by atoms with van der Waals surface area (Å²) in [5, 5.41) is 0. The van der Waals surface area contributed by atoms with Gasteiger partial charge >= 0.3 is 5.97 Å². The first kappa shape index (κ1) is 11.1. The Labute approximate surface area is 93.4 Å². The quantitative estimate of drug-likeness (QED) is 0.773. The lowest BCUT2D eigenvalue weighted by Crippen LogP contribution is -2.35. The van der Waals surface area contributed by atoms with Crippen molar-refractivity contribution >= 4 is 5.97 Å². The maximum atomic E-state index is 13.1. The third-order valence-electron chi connectivity index (χ3n) is 3.15. The second-order valence-corrected chi connectivity index (χ2v) is 4.30. The Morgan fingerprint density at radius 1 is 1.62 bits per heavy atom. The van der Waals surface area contributed by atoms with E-state index in [0.717, 1.165) is 5.56 Å². The van der Waals surface area contributed by atoms with Crippen molar-refractivity contribution in [1.82, 2.24) is 0 Å². The third-order valence-corrected chi connectivity index (χ3v) is 3.15. The Morgan fingerprint density at radius 3 is 2.88 bits per heavy atom. The van der Waals surface area contributed by atoms with Gasteiger partial charge in [-0.25, -0.2) is 4.39 Å². The molecule has 3 nitrogen and oxygen atoms in total. The predicted octanol–water partition coefficient (Wildman–Crippen LogP) is 1.49. The molecule has 2 N–H and O–H groups in total. The molecule has 0 heterocycles. The first-order valence-electron chi connectivity index (χ1n) is 5.12. The van der Waals surface area contributed by atoms with Crippen LogP contribution in [0.2, 0.25) is 0 Å². The van der Waals surface area contributed by atoms with Gasteiger partial charge in [-0.05, 0) is 30.5 Å². The summed E-state index contributed by atoms with van der Waals surface area (Å²) in [6, 6.07) is 4.81. The molecule has 1 aliphatic rings. The SMILES string of the molecule is COC(=O)C1(N)CC1c1ccc(F)c(C)c1. The molecule has 0 radical (unpaired) electrons. The molecule has 1 saturated carbocycles. The van der Waals surface area contributed by atoms with Crippen LogP contribution in [0.1, 0.15) is 23.5 Å². The molecule has 86 valence electrons. The lowest BCUT2D eigenvalue weighted by atomic mass is 10.0. The normalized spacial score (nSPS) is 27.6. The minimum atomic E-state index is -0.918. The van der Waals surface area contributed by atoms with E-state index in [1.165, 1.54) is 13.2 Å². The molecular formula is C12H14FNO2. The Hall–Kier alpha value is -1.42. The first-order valence-corrected chi connectivity index (χ1v) is 5.12. The maximum absolute atomic E-state index is 13.1. The molecule has 1 aromatic carbocycles. The zero-order chi connectivity index (χ0) is 11.9. The number of methoxy groups -OCH3 is 1. The molecule has 2 unspecified atom stereocenters. The number of nitrogens with two attached hydrogens (primary N) is 1. The van der Waals surface area contributed by atoms with Crippen LogP contribution in [0, 0.1) is 12.7 Å². The van der Waals surface area contributed by atoms with Gasteiger partial charge in [0.2, 0.25) is 0 Å². The molecule has 2 rings (SSSR count). The molecule has 0 spiro atoms. The largest absolute Gasteiger partial charge is 0.468 e. The van der Waals surface area contributed by atoms with Gasteiger partial charge < -0.3 is 10.5 Å². The molecule has 1 aromatic rings. The second-order valence-electron chi connectivity index (χ2n) is 4.30. The number of carbonyl (C=O) groups excluding carboxylic acids is 1. The number of hydrogen-bond acceptors (Lipinski definition) is 3. The highest BCUT2D eigenvalue weighted by Gasteiger charge is 2.58. The topological polar surface area (TPSA) is 52.3 Å². The Morgan fingerprint density at radius 2 is 2.31 bits per heavy atom. The molecule has 4 heteroatoms. The van der Waals surface area contributed by atoms with Gasteiger partial charge in [-0.1, -0.05) is 12.1 Å². The van der Waals surface area contributed by atoms with E-state index in [4.69, 9.17) is 5.73 Å². The summed E-state index contributed by atoms with van der Waals surface area (Å²) in [5.74, 6) is -0.705. The fourth-order valence-corrected chi connectivity index (χ4v) is 1.99. The number of esters is 1. The van der Waals surface area contributed by atoms with Crippen molar-refractivity contribution in [3.05, 3.63) is 35.1 Å². The highest BCUT2D eigenvalue weighted by atomic mass is 19.1. The van der Waals surface area contributed by atoms with E-state index in [-0.39, 0.29) is 11.7 Å². The summed E-state index contributed by atoms with van der Waals surface area (Å²) >= 11 is 0. The van der Waals surface area contributed by atoms with Gasteiger partial charge in [0.15, 0.2) is 0 Å². The molecule has 0 bridgehead atoms. The van der Waals surface area contributed by atoms with E-state index in [1.54, 1.807) is 19.1 Å². The van der Waals surface area contributed by atoms with E-state index in [2.05, 4.69) is 4.74 Å². The zero-order valence-electron chi connectivity index (χ0n) is 9.29. The fourth-order valence-electron chi connectivity index (χ4n) is 1.99. The minimum Gasteiger partial charge on any atom is -0.468 e. The molecule has 0 amide bonds. The van der Waals surface area contributed by atoms with Gasteiger partial charge in [-0.2, -0.15) is 0 Å². The van der Waals surface area contributed by atoms with Crippen LogP contribution >= 0.6 is 0 Å². The lowest BCUT2D eigenvalue weighted by molar-refractivity contribution is -0.143. The smallest absolute Gasteiger partial charge is 0.326 e. The number of rotatable bonds is 2. The van der Waals surface area contributed by atoms with Crippen molar-refractivity contribution in [2.24, 2.45) is 5.73 Å². The highest BCUT2D eigenvalue weighted by molar-refractivity contribution is 5.86. The van der Waals surface area contributed by atoms with Crippen LogP contribution in [0.4, 0.5) is 4.39 Å². The van der Waals surface area contributed by atoms with Crippen LogP contribution in [-0.2, 0) is 9.53 Å². The summed E-state index contributed by atoms with van der Waals surface area (Å²) in [7, 11) is 1.32. The molecule has 16 heavy (non-hydrogen) atoms. The highest BCUT2D eigenvalue weighted by Crippen LogP contribution is 2.50. The van der Waals surface area contributed by atoms with E-state index < -0.39 is 11.5 Å². The van der Waals surface area contributed by atoms with Crippen molar-refractivity contribution in [2.75, 3.05) is 7.11 Å². The molecule has 1 aliphatic carbocycles. The van der Waals surface area contributed by atoms with E-state index in [9.17, 15) is 9.18 Å². The van der Waals surface area contributed by atoms with Crippen LogP contribution in [-0.4, -0.2) is 18.6 Å². The van der Waals surface area contributed by atoms with Crippen molar-refractivity contribution in [2.45, 2.75) is 24.8 Å². The molecule has 0 aromatic heterocycles. The number of carbonyl (C=O) groups is 1.